The van der Waals surface area contributed by atoms with Crippen molar-refractivity contribution in [2.75, 3.05) is 0 Å². The zero-order valence-electron chi connectivity index (χ0n) is 12.7. The molecule has 2 aromatic rings. The van der Waals surface area contributed by atoms with Crippen LogP contribution < -0.4 is 5.43 Å². The minimum atomic E-state index is -0.656. The van der Waals surface area contributed by atoms with Crippen molar-refractivity contribution in [3.8, 4) is 5.75 Å². The molecular weight excluding hydrogens is 334 g/mol. The number of nitro benzene ring substituents is 1. The summed E-state index contributed by atoms with van der Waals surface area (Å²) in [6.07, 6.45) is 0.547. The maximum atomic E-state index is 12.1. The lowest BCUT2D eigenvalue weighted by Gasteiger charge is -2.06. The predicted octanol–water partition coefficient (Wildman–Crippen LogP) is 3.50. The maximum Gasteiger partial charge on any atom is 0.288 e. The number of nitrogens with one attached hydrogen (secondary N) is 1. The molecule has 2 rings (SSSR count). The third-order valence-electron chi connectivity index (χ3n) is 3.23. The Hall–Kier alpha value is -2.93. The Kier molecular flexibility index (Phi) is 5.49. The van der Waals surface area contributed by atoms with Crippen LogP contribution in [0.15, 0.2) is 47.6 Å². The van der Waals surface area contributed by atoms with E-state index in [9.17, 15) is 20.0 Å². The van der Waals surface area contributed by atoms with Crippen LogP contribution in [-0.2, 0) is 0 Å². The summed E-state index contributed by atoms with van der Waals surface area (Å²) in [5.41, 5.74) is 3.46. The van der Waals surface area contributed by atoms with Gasteiger partial charge in [0.1, 0.15) is 10.8 Å². The number of carbonyl (C=O) groups is 1. The van der Waals surface area contributed by atoms with Gasteiger partial charge in [0, 0.05) is 11.6 Å². The van der Waals surface area contributed by atoms with E-state index in [1.807, 2.05) is 6.92 Å². The van der Waals surface area contributed by atoms with Crippen LogP contribution in [0.2, 0.25) is 5.02 Å². The molecule has 2 N–H and O–H groups in total. The number of phenols is 1. The summed E-state index contributed by atoms with van der Waals surface area (Å²) in [6.45, 7) is 1.87. The zero-order chi connectivity index (χ0) is 17.7. The summed E-state index contributed by atoms with van der Waals surface area (Å²) >= 11 is 5.72. The first-order chi connectivity index (χ1) is 11.4. The largest absolute Gasteiger partial charge is 0.508 e. The first-order valence-electron chi connectivity index (χ1n) is 7.02. The lowest BCUT2D eigenvalue weighted by atomic mass is 10.1. The molecule has 0 bridgehead atoms. The molecular formula is C16H14ClN3O4. The molecule has 0 atom stereocenters. The monoisotopic (exact) mass is 347 g/mol. The topological polar surface area (TPSA) is 105 Å². The van der Waals surface area contributed by atoms with Crippen LogP contribution in [0.3, 0.4) is 0 Å². The second kappa shape index (κ2) is 7.56. The van der Waals surface area contributed by atoms with Gasteiger partial charge in [-0.3, -0.25) is 14.9 Å². The average molecular weight is 348 g/mol. The molecule has 0 unspecified atom stereocenters. The van der Waals surface area contributed by atoms with Gasteiger partial charge >= 0.3 is 0 Å². The lowest BCUT2D eigenvalue weighted by Crippen LogP contribution is -2.20. The Bertz CT molecular complexity index is 803. The number of rotatable bonds is 5. The zero-order valence-corrected chi connectivity index (χ0v) is 13.4. The number of benzene rings is 2. The van der Waals surface area contributed by atoms with Gasteiger partial charge < -0.3 is 5.11 Å². The highest BCUT2D eigenvalue weighted by molar-refractivity contribution is 6.32. The van der Waals surface area contributed by atoms with E-state index in [4.69, 9.17) is 11.6 Å². The van der Waals surface area contributed by atoms with Crippen molar-refractivity contribution in [1.82, 2.24) is 5.43 Å². The fourth-order valence-corrected chi connectivity index (χ4v) is 2.16. The first-order valence-corrected chi connectivity index (χ1v) is 7.40. The van der Waals surface area contributed by atoms with Gasteiger partial charge in [-0.05, 0) is 48.4 Å². The summed E-state index contributed by atoms with van der Waals surface area (Å²) in [4.78, 5) is 22.3. The molecule has 2 aromatic carbocycles. The van der Waals surface area contributed by atoms with Crippen molar-refractivity contribution in [3.05, 3.63) is 68.7 Å². The van der Waals surface area contributed by atoms with Gasteiger partial charge in [0.25, 0.3) is 11.6 Å². The number of hydrogen-bond donors (Lipinski definition) is 2. The number of amides is 1. The van der Waals surface area contributed by atoms with E-state index in [2.05, 4.69) is 10.5 Å². The Morgan fingerprint density at radius 1 is 1.25 bits per heavy atom. The molecule has 7 nitrogen and oxygen atoms in total. The molecule has 0 radical (unpaired) electrons. The number of aromatic hydroxyl groups is 1. The van der Waals surface area contributed by atoms with Crippen LogP contribution in [0.1, 0.15) is 29.3 Å². The summed E-state index contributed by atoms with van der Waals surface area (Å²) in [5.74, 6) is -0.453. The highest BCUT2D eigenvalue weighted by atomic mass is 35.5. The van der Waals surface area contributed by atoms with E-state index in [0.717, 1.165) is 11.6 Å². The number of nitro groups is 1. The smallest absolute Gasteiger partial charge is 0.288 e. The summed E-state index contributed by atoms with van der Waals surface area (Å²) in [5, 5.41) is 24.2. The molecule has 124 valence electrons. The molecule has 0 spiro atoms. The fourth-order valence-electron chi connectivity index (χ4n) is 1.98. The van der Waals surface area contributed by atoms with E-state index in [1.165, 1.54) is 24.3 Å². The lowest BCUT2D eigenvalue weighted by molar-refractivity contribution is -0.384. The standard InChI is InChI=1S/C16H14ClN3O4/c1-2-14(10-3-6-12(21)7-4-10)18-19-16(22)11-5-8-13(17)15(9-11)20(23)24/h3-9,21H,2H2,1H3,(H,19,22). The molecule has 0 aliphatic heterocycles. The highest BCUT2D eigenvalue weighted by Gasteiger charge is 2.16. The van der Waals surface area contributed by atoms with E-state index in [1.54, 1.807) is 12.1 Å². The van der Waals surface area contributed by atoms with Crippen molar-refractivity contribution in [1.29, 1.82) is 0 Å². The molecule has 0 aliphatic carbocycles. The number of phenolic OH excluding ortho intramolecular Hbond substituents is 1. The van der Waals surface area contributed by atoms with Gasteiger partial charge in [0.15, 0.2) is 0 Å². The predicted molar refractivity (Wildman–Crippen MR) is 90.5 cm³/mol. The Labute approximate surface area is 142 Å². The van der Waals surface area contributed by atoms with Gasteiger partial charge in [-0.1, -0.05) is 18.5 Å². The average Bonchev–Trinajstić information content (AvgIpc) is 2.56. The van der Waals surface area contributed by atoms with Gasteiger partial charge in [-0.25, -0.2) is 5.43 Å². The Morgan fingerprint density at radius 3 is 2.46 bits per heavy atom. The van der Waals surface area contributed by atoms with E-state index in [-0.39, 0.29) is 22.0 Å². The van der Waals surface area contributed by atoms with Crippen molar-refractivity contribution < 1.29 is 14.8 Å². The number of carbonyl (C=O) groups excluding carboxylic acids is 1. The second-order valence-electron chi connectivity index (χ2n) is 4.82. The van der Waals surface area contributed by atoms with Crippen molar-refractivity contribution in [2.45, 2.75) is 13.3 Å². The van der Waals surface area contributed by atoms with Crippen LogP contribution in [0, 0.1) is 10.1 Å². The van der Waals surface area contributed by atoms with Crippen LogP contribution >= 0.6 is 11.6 Å². The van der Waals surface area contributed by atoms with Crippen LogP contribution in [0.5, 0.6) is 5.75 Å². The Balaban J connectivity index is 2.20. The van der Waals surface area contributed by atoms with Crippen molar-refractivity contribution >= 4 is 28.9 Å². The molecule has 0 saturated heterocycles. The second-order valence-corrected chi connectivity index (χ2v) is 5.23. The third kappa shape index (κ3) is 4.08. The SMILES string of the molecule is CCC(=NNC(=O)c1ccc(Cl)c([N+](=O)[O-])c1)c1ccc(O)cc1. The van der Waals surface area contributed by atoms with Gasteiger partial charge in [-0.15, -0.1) is 0 Å². The molecule has 24 heavy (non-hydrogen) atoms. The number of nitrogens with zero attached hydrogens (tertiary/aromatic N) is 2. The number of hydrazone groups is 1. The molecule has 0 heterocycles. The van der Waals surface area contributed by atoms with E-state index in [0.29, 0.717) is 12.1 Å². The van der Waals surface area contributed by atoms with E-state index >= 15 is 0 Å². The normalized spacial score (nSPS) is 11.2. The number of halogens is 1. The van der Waals surface area contributed by atoms with E-state index < -0.39 is 10.8 Å². The molecule has 0 aliphatic rings. The van der Waals surface area contributed by atoms with Gasteiger partial charge in [0.2, 0.25) is 0 Å². The first kappa shape index (κ1) is 17.4. The summed E-state index contributed by atoms with van der Waals surface area (Å²) in [6, 6.07) is 10.2. The van der Waals surface area contributed by atoms with Crippen LogP contribution in [0.25, 0.3) is 0 Å². The molecule has 0 aromatic heterocycles. The fraction of sp³-hybridized carbons (Fsp3) is 0.125. The van der Waals surface area contributed by atoms with Crippen molar-refractivity contribution in [2.24, 2.45) is 5.10 Å². The minimum absolute atomic E-state index is 0.0432. The van der Waals surface area contributed by atoms with Crippen LogP contribution in [-0.4, -0.2) is 21.6 Å². The summed E-state index contributed by atoms with van der Waals surface area (Å²) in [7, 11) is 0. The maximum absolute atomic E-state index is 12.1. The van der Waals surface area contributed by atoms with Gasteiger partial charge in [0.05, 0.1) is 10.6 Å². The molecule has 0 saturated carbocycles. The number of hydrogen-bond acceptors (Lipinski definition) is 5. The van der Waals surface area contributed by atoms with Crippen molar-refractivity contribution in [3.63, 3.8) is 0 Å². The molecule has 8 heteroatoms. The third-order valence-corrected chi connectivity index (χ3v) is 3.55. The van der Waals surface area contributed by atoms with Gasteiger partial charge in [-0.2, -0.15) is 5.10 Å². The Morgan fingerprint density at radius 2 is 1.88 bits per heavy atom. The molecule has 1 amide bonds. The minimum Gasteiger partial charge on any atom is -0.508 e. The highest BCUT2D eigenvalue weighted by Crippen LogP contribution is 2.25. The van der Waals surface area contributed by atoms with Crippen LogP contribution in [0.4, 0.5) is 5.69 Å². The quantitative estimate of drug-likeness (QED) is 0.490. The molecule has 0 fully saturated rings. The summed E-state index contributed by atoms with van der Waals surface area (Å²) < 4.78 is 0.